The number of aromatic nitrogens is 1. The quantitative estimate of drug-likeness (QED) is 0.810. The lowest BCUT2D eigenvalue weighted by Crippen LogP contribution is -2.14. The number of nitrogens with zero attached hydrogens (tertiary/aromatic N) is 2. The van der Waals surface area contributed by atoms with Gasteiger partial charge in [0, 0.05) is 43.7 Å². The van der Waals surface area contributed by atoms with Gasteiger partial charge in [0.1, 0.15) is 0 Å². The molecule has 1 aliphatic rings. The first kappa shape index (κ1) is 14.1. The Morgan fingerprint density at radius 1 is 1.29 bits per heavy atom. The molecule has 4 heteroatoms. The van der Waals surface area contributed by atoms with Crippen LogP contribution >= 0.6 is 0 Å². The number of esters is 1. The third kappa shape index (κ3) is 2.56. The fraction of sp³-hybridized carbons (Fsp3) is 0.471. The van der Waals surface area contributed by atoms with E-state index in [9.17, 15) is 4.79 Å². The van der Waals surface area contributed by atoms with Gasteiger partial charge in [-0.2, -0.15) is 0 Å². The van der Waals surface area contributed by atoms with E-state index in [4.69, 9.17) is 4.74 Å². The van der Waals surface area contributed by atoms with Crippen molar-refractivity contribution in [2.24, 2.45) is 7.05 Å². The van der Waals surface area contributed by atoms with Gasteiger partial charge in [-0.05, 0) is 41.8 Å². The average Bonchev–Trinajstić information content (AvgIpc) is 3.03. The van der Waals surface area contributed by atoms with Crippen LogP contribution < -0.4 is 0 Å². The highest BCUT2D eigenvalue weighted by atomic mass is 16.5. The molecule has 0 amide bonds. The highest BCUT2D eigenvalue weighted by molar-refractivity contribution is 5.86. The number of methoxy groups -OCH3 is 1. The molecule has 0 atom stereocenters. The predicted molar refractivity (Wildman–Crippen MR) is 83.0 cm³/mol. The first-order chi connectivity index (χ1) is 10.1. The number of hydrogen-bond donors (Lipinski definition) is 0. The molecule has 0 spiro atoms. The molecule has 4 nitrogen and oxygen atoms in total. The summed E-state index contributed by atoms with van der Waals surface area (Å²) in [6, 6.07) is 4.62. The zero-order valence-corrected chi connectivity index (χ0v) is 13.0. The Hall–Kier alpha value is -1.81. The number of carbonyl (C=O) groups excluding carboxylic acids is 1. The predicted octanol–water partition coefficient (Wildman–Crippen LogP) is 2.62. The van der Waals surface area contributed by atoms with Crippen molar-refractivity contribution in [2.75, 3.05) is 13.7 Å². The van der Waals surface area contributed by atoms with Crippen molar-refractivity contribution in [3.05, 3.63) is 35.0 Å². The van der Waals surface area contributed by atoms with Gasteiger partial charge in [0.15, 0.2) is 0 Å². The molecule has 0 saturated carbocycles. The number of aryl methyl sites for hydroxylation is 2. The second-order valence-electron chi connectivity index (χ2n) is 5.78. The fourth-order valence-electron chi connectivity index (χ4n) is 3.19. The molecule has 2 heterocycles. The van der Waals surface area contributed by atoms with E-state index in [-0.39, 0.29) is 5.97 Å². The largest absolute Gasteiger partial charge is 0.469 e. The minimum atomic E-state index is -0.148. The van der Waals surface area contributed by atoms with Crippen molar-refractivity contribution in [3.8, 4) is 0 Å². The van der Waals surface area contributed by atoms with E-state index in [1.165, 1.54) is 34.7 Å². The summed E-state index contributed by atoms with van der Waals surface area (Å²) >= 11 is 0. The molecule has 0 bridgehead atoms. The van der Waals surface area contributed by atoms with Crippen LogP contribution in [0.25, 0.3) is 10.9 Å². The van der Waals surface area contributed by atoms with Crippen LogP contribution in [0.5, 0.6) is 0 Å². The zero-order chi connectivity index (χ0) is 15.0. The summed E-state index contributed by atoms with van der Waals surface area (Å²) in [7, 11) is 3.51. The monoisotopic (exact) mass is 286 g/mol. The molecule has 21 heavy (non-hydrogen) atoms. The van der Waals surface area contributed by atoms with Crippen molar-refractivity contribution in [1.82, 2.24) is 9.47 Å². The molecule has 0 saturated heterocycles. The maximum atomic E-state index is 11.4. The van der Waals surface area contributed by atoms with Crippen molar-refractivity contribution in [2.45, 2.75) is 32.9 Å². The van der Waals surface area contributed by atoms with Gasteiger partial charge in [0.25, 0.3) is 0 Å². The van der Waals surface area contributed by atoms with E-state index in [2.05, 4.69) is 41.8 Å². The van der Waals surface area contributed by atoms with Crippen LogP contribution in [0.2, 0.25) is 0 Å². The average molecular weight is 286 g/mol. The van der Waals surface area contributed by atoms with Crippen molar-refractivity contribution in [3.63, 3.8) is 0 Å². The normalized spacial score (nSPS) is 14.6. The summed E-state index contributed by atoms with van der Waals surface area (Å²) in [6.45, 7) is 5.37. The van der Waals surface area contributed by atoms with Crippen LogP contribution in [-0.2, 0) is 36.1 Å². The van der Waals surface area contributed by atoms with E-state index >= 15 is 0 Å². The maximum absolute atomic E-state index is 11.4. The van der Waals surface area contributed by atoms with Crippen molar-refractivity contribution < 1.29 is 9.53 Å². The molecule has 0 fully saturated rings. The Kier molecular flexibility index (Phi) is 3.72. The number of fused-ring (bicyclic) bond motifs is 2. The molecule has 1 aliphatic heterocycles. The summed E-state index contributed by atoms with van der Waals surface area (Å²) in [6.07, 6.45) is 3.31. The van der Waals surface area contributed by atoms with Crippen LogP contribution in [0.1, 0.15) is 30.0 Å². The minimum absolute atomic E-state index is 0.148. The molecule has 2 aromatic rings. The number of hydrogen-bond acceptors (Lipinski definition) is 3. The van der Waals surface area contributed by atoms with Gasteiger partial charge in [-0.15, -0.1) is 0 Å². The minimum Gasteiger partial charge on any atom is -0.469 e. The van der Waals surface area contributed by atoms with Crippen LogP contribution in [0.15, 0.2) is 18.3 Å². The maximum Gasteiger partial charge on any atom is 0.305 e. The third-order valence-corrected chi connectivity index (χ3v) is 4.45. The standard InChI is InChI=1S/C17H22N2O2/c1-4-19-10-13-7-15-12(5-6-17(20)21-3)9-18(2)16(15)8-14(13)11-19/h7-9H,4-6,10-11H2,1-3H3. The Morgan fingerprint density at radius 2 is 2.00 bits per heavy atom. The third-order valence-electron chi connectivity index (χ3n) is 4.45. The molecule has 3 rings (SSSR count). The van der Waals surface area contributed by atoms with Crippen LogP contribution in [0.4, 0.5) is 0 Å². The molecule has 112 valence electrons. The Balaban J connectivity index is 1.95. The summed E-state index contributed by atoms with van der Waals surface area (Å²) in [5, 5.41) is 1.28. The molecular weight excluding hydrogens is 264 g/mol. The van der Waals surface area contributed by atoms with E-state index in [0.29, 0.717) is 6.42 Å². The van der Waals surface area contributed by atoms with Gasteiger partial charge in [0.05, 0.1) is 7.11 Å². The van der Waals surface area contributed by atoms with Crippen molar-refractivity contribution in [1.29, 1.82) is 0 Å². The molecule has 0 N–H and O–H groups in total. The number of benzene rings is 1. The van der Waals surface area contributed by atoms with E-state index in [1.807, 2.05) is 0 Å². The van der Waals surface area contributed by atoms with Crippen LogP contribution in [0.3, 0.4) is 0 Å². The van der Waals surface area contributed by atoms with Gasteiger partial charge in [-0.3, -0.25) is 9.69 Å². The Morgan fingerprint density at radius 3 is 2.67 bits per heavy atom. The van der Waals surface area contributed by atoms with E-state index < -0.39 is 0 Å². The summed E-state index contributed by atoms with van der Waals surface area (Å²) in [5.74, 6) is -0.148. The fourth-order valence-corrected chi connectivity index (χ4v) is 3.19. The number of ether oxygens (including phenoxy) is 1. The molecule has 0 unspecified atom stereocenters. The van der Waals surface area contributed by atoms with E-state index in [1.54, 1.807) is 0 Å². The van der Waals surface area contributed by atoms with Crippen LogP contribution in [0, 0.1) is 0 Å². The molecule has 1 aromatic carbocycles. The highest BCUT2D eigenvalue weighted by Crippen LogP contribution is 2.30. The van der Waals surface area contributed by atoms with Gasteiger partial charge < -0.3 is 9.30 Å². The first-order valence-corrected chi connectivity index (χ1v) is 7.51. The lowest BCUT2D eigenvalue weighted by molar-refractivity contribution is -0.140. The van der Waals surface area contributed by atoms with Gasteiger partial charge in [0.2, 0.25) is 0 Å². The first-order valence-electron chi connectivity index (χ1n) is 7.51. The number of carbonyl (C=O) groups is 1. The molecule has 0 aliphatic carbocycles. The summed E-state index contributed by atoms with van der Waals surface area (Å²) in [5.41, 5.74) is 5.35. The molecule has 1 aromatic heterocycles. The Labute approximate surface area is 125 Å². The zero-order valence-electron chi connectivity index (χ0n) is 13.0. The molecule has 0 radical (unpaired) electrons. The topological polar surface area (TPSA) is 34.5 Å². The van der Waals surface area contributed by atoms with Crippen LogP contribution in [-0.4, -0.2) is 29.1 Å². The molecular formula is C17H22N2O2. The van der Waals surface area contributed by atoms with Crippen molar-refractivity contribution >= 4 is 16.9 Å². The lowest BCUT2D eigenvalue weighted by atomic mass is 10.0. The second-order valence-corrected chi connectivity index (χ2v) is 5.78. The highest BCUT2D eigenvalue weighted by Gasteiger charge is 2.20. The number of rotatable bonds is 4. The lowest BCUT2D eigenvalue weighted by Gasteiger charge is -2.09. The SMILES string of the molecule is CCN1Cc2cc3c(CCC(=O)OC)cn(C)c3cc2C1. The second kappa shape index (κ2) is 5.53. The van der Waals surface area contributed by atoms with Gasteiger partial charge in [-0.25, -0.2) is 0 Å². The smallest absolute Gasteiger partial charge is 0.305 e. The summed E-state index contributed by atoms with van der Waals surface area (Å²) < 4.78 is 6.90. The Bertz CT molecular complexity index is 688. The van der Waals surface area contributed by atoms with Gasteiger partial charge >= 0.3 is 5.97 Å². The summed E-state index contributed by atoms with van der Waals surface area (Å²) in [4.78, 5) is 13.8. The van der Waals surface area contributed by atoms with Gasteiger partial charge in [-0.1, -0.05) is 6.92 Å². The van der Waals surface area contributed by atoms with E-state index in [0.717, 1.165) is 26.1 Å².